The zero-order valence-corrected chi connectivity index (χ0v) is 21.0. The number of carboxylic acids is 1. The maximum Gasteiger partial charge on any atom is 0.335 e. The zero-order chi connectivity index (χ0) is 25.1. The maximum absolute atomic E-state index is 13.0. The van der Waals surface area contributed by atoms with E-state index >= 15 is 0 Å². The molecular weight excluding hydrogens is 584 g/mol. The van der Waals surface area contributed by atoms with Crippen LogP contribution in [0.15, 0.2) is 81.2 Å². The smallest absolute Gasteiger partial charge is 0.335 e. The summed E-state index contributed by atoms with van der Waals surface area (Å²) in [4.78, 5) is 49.6. The van der Waals surface area contributed by atoms with Crippen molar-refractivity contribution in [2.75, 3.05) is 4.90 Å². The third-order valence-corrected chi connectivity index (χ3v) is 6.21. The molecule has 0 saturated carbocycles. The third kappa shape index (κ3) is 5.33. The van der Waals surface area contributed by atoms with E-state index in [1.807, 2.05) is 0 Å². The van der Waals surface area contributed by atoms with Crippen molar-refractivity contribution in [1.29, 1.82) is 0 Å². The Bertz CT molecular complexity index is 1350. The van der Waals surface area contributed by atoms with E-state index in [1.165, 1.54) is 18.2 Å². The molecule has 0 aromatic heterocycles. The number of urea groups is 1. The van der Waals surface area contributed by atoms with Crippen LogP contribution >= 0.6 is 31.9 Å². The summed E-state index contributed by atoms with van der Waals surface area (Å²) in [5.74, 6) is -2.05. The topological polar surface area (TPSA) is 113 Å². The Labute approximate surface area is 216 Å². The number of carbonyl (C=O) groups is 4. The molecule has 0 radical (unpaired) electrons. The highest BCUT2D eigenvalue weighted by atomic mass is 79.9. The highest BCUT2D eigenvalue weighted by molar-refractivity contribution is 9.11. The summed E-state index contributed by atoms with van der Waals surface area (Å²) in [6.07, 6.45) is 1.39. The van der Waals surface area contributed by atoms with Gasteiger partial charge in [0.2, 0.25) is 0 Å². The first kappa shape index (κ1) is 24.4. The van der Waals surface area contributed by atoms with Crippen LogP contribution in [0, 0.1) is 0 Å². The molecule has 8 nitrogen and oxygen atoms in total. The van der Waals surface area contributed by atoms with Crippen molar-refractivity contribution in [3.8, 4) is 5.75 Å². The molecule has 0 spiro atoms. The van der Waals surface area contributed by atoms with Crippen LogP contribution in [0.5, 0.6) is 5.75 Å². The Balaban J connectivity index is 1.56. The quantitative estimate of drug-likeness (QED) is 0.299. The minimum atomic E-state index is -1.01. The number of nitrogens with one attached hydrogen (secondary N) is 1. The van der Waals surface area contributed by atoms with Crippen LogP contribution in [0.25, 0.3) is 6.08 Å². The molecule has 0 aliphatic carbocycles. The Morgan fingerprint density at radius 3 is 2.20 bits per heavy atom. The van der Waals surface area contributed by atoms with E-state index in [1.54, 1.807) is 54.6 Å². The van der Waals surface area contributed by atoms with Gasteiger partial charge in [-0.15, -0.1) is 0 Å². The van der Waals surface area contributed by atoms with Crippen LogP contribution < -0.4 is 15.0 Å². The van der Waals surface area contributed by atoms with Crippen molar-refractivity contribution in [1.82, 2.24) is 5.32 Å². The maximum atomic E-state index is 13.0. The largest absolute Gasteiger partial charge is 0.487 e. The number of carboxylic acid groups (broad SMARTS) is 1. The van der Waals surface area contributed by atoms with Gasteiger partial charge < -0.3 is 9.84 Å². The molecule has 2 N–H and O–H groups in total. The second-order valence-electron chi connectivity index (χ2n) is 7.40. The van der Waals surface area contributed by atoms with E-state index in [0.29, 0.717) is 25.9 Å². The zero-order valence-electron chi connectivity index (χ0n) is 17.8. The number of para-hydroxylation sites is 1. The molecule has 4 rings (SSSR count). The molecular formula is C25H16Br2N2O6. The molecule has 35 heavy (non-hydrogen) atoms. The molecule has 1 saturated heterocycles. The number of imide groups is 2. The van der Waals surface area contributed by atoms with E-state index in [-0.39, 0.29) is 17.7 Å². The fraction of sp³-hybridized carbons (Fsp3) is 0.0400. The molecule has 4 amide bonds. The van der Waals surface area contributed by atoms with E-state index in [2.05, 4.69) is 37.2 Å². The lowest BCUT2D eigenvalue weighted by Crippen LogP contribution is -2.54. The fourth-order valence-corrected chi connectivity index (χ4v) is 4.79. The number of hydrogen-bond donors (Lipinski definition) is 2. The Morgan fingerprint density at radius 1 is 0.971 bits per heavy atom. The summed E-state index contributed by atoms with van der Waals surface area (Å²) in [5, 5.41) is 11.2. The fourth-order valence-electron chi connectivity index (χ4n) is 3.34. The molecule has 0 atom stereocenters. The molecule has 0 bridgehead atoms. The SMILES string of the molecule is O=C1NC(=O)N(c2ccccc2)C(=O)/C1=C/c1cc(Br)c(OCc2ccc(C(=O)O)cc2)c(Br)c1. The Morgan fingerprint density at radius 2 is 1.60 bits per heavy atom. The first-order valence-electron chi connectivity index (χ1n) is 10.1. The number of benzene rings is 3. The summed E-state index contributed by atoms with van der Waals surface area (Å²) in [5.41, 5.74) is 1.62. The van der Waals surface area contributed by atoms with E-state index < -0.39 is 23.8 Å². The second-order valence-corrected chi connectivity index (χ2v) is 9.11. The first-order chi connectivity index (χ1) is 16.7. The van der Waals surface area contributed by atoms with Gasteiger partial charge in [0.1, 0.15) is 17.9 Å². The molecule has 1 aliphatic heterocycles. The molecule has 1 heterocycles. The molecule has 0 unspecified atom stereocenters. The van der Waals surface area contributed by atoms with E-state index in [9.17, 15) is 19.2 Å². The van der Waals surface area contributed by atoms with Crippen molar-refractivity contribution in [2.45, 2.75) is 6.61 Å². The first-order valence-corrected chi connectivity index (χ1v) is 11.7. The summed E-state index contributed by atoms with van der Waals surface area (Å²) in [6.45, 7) is 0.187. The van der Waals surface area contributed by atoms with E-state index in [0.717, 1.165) is 10.5 Å². The summed E-state index contributed by atoms with van der Waals surface area (Å²) >= 11 is 6.89. The summed E-state index contributed by atoms with van der Waals surface area (Å²) in [7, 11) is 0. The number of aromatic carboxylic acids is 1. The van der Waals surface area contributed by atoms with Crippen molar-refractivity contribution in [3.63, 3.8) is 0 Å². The lowest BCUT2D eigenvalue weighted by molar-refractivity contribution is -0.122. The van der Waals surface area contributed by atoms with Crippen LogP contribution in [0.4, 0.5) is 10.5 Å². The number of carbonyl (C=O) groups excluding carboxylic acids is 3. The van der Waals surface area contributed by atoms with Gasteiger partial charge in [0.15, 0.2) is 0 Å². The van der Waals surface area contributed by atoms with Gasteiger partial charge in [-0.05, 0) is 85.5 Å². The standard InChI is InChI=1S/C25H16Br2N2O6/c26-19-11-15(12-20(27)21(19)35-13-14-6-8-16(9-7-14)24(32)33)10-18-22(30)28-25(34)29(23(18)31)17-4-2-1-3-5-17/h1-12H,13H2,(H,32,33)(H,28,30,34)/b18-10+. The van der Waals surface area contributed by atoms with Gasteiger partial charge in [0.25, 0.3) is 11.8 Å². The van der Waals surface area contributed by atoms with Crippen LogP contribution in [0.2, 0.25) is 0 Å². The number of halogens is 2. The van der Waals surface area contributed by atoms with Gasteiger partial charge >= 0.3 is 12.0 Å². The lowest BCUT2D eigenvalue weighted by Gasteiger charge is -2.26. The molecule has 3 aromatic rings. The van der Waals surface area contributed by atoms with Gasteiger partial charge in [-0.2, -0.15) is 0 Å². The van der Waals surface area contributed by atoms with Gasteiger partial charge in [-0.25, -0.2) is 14.5 Å². The van der Waals surface area contributed by atoms with E-state index in [4.69, 9.17) is 9.84 Å². The van der Waals surface area contributed by atoms with Crippen molar-refractivity contribution >= 4 is 67.4 Å². The molecule has 10 heteroatoms. The number of anilines is 1. The Kier molecular flexibility index (Phi) is 7.13. The third-order valence-electron chi connectivity index (χ3n) is 5.03. The highest BCUT2D eigenvalue weighted by Crippen LogP contribution is 2.36. The monoisotopic (exact) mass is 598 g/mol. The number of amides is 4. The average Bonchev–Trinajstić information content (AvgIpc) is 2.82. The minimum absolute atomic E-state index is 0.183. The van der Waals surface area contributed by atoms with Crippen LogP contribution in [0.1, 0.15) is 21.5 Å². The second kappa shape index (κ2) is 10.2. The normalized spacial score (nSPS) is 14.7. The van der Waals surface area contributed by atoms with Crippen molar-refractivity contribution < 1.29 is 29.0 Å². The van der Waals surface area contributed by atoms with Crippen LogP contribution in [0.3, 0.4) is 0 Å². The molecule has 1 fully saturated rings. The predicted octanol–water partition coefficient (Wildman–Crippen LogP) is 5.16. The molecule has 3 aromatic carbocycles. The lowest BCUT2D eigenvalue weighted by atomic mass is 10.1. The van der Waals surface area contributed by atoms with Gasteiger partial charge in [0, 0.05) is 0 Å². The van der Waals surface area contributed by atoms with Crippen LogP contribution in [-0.2, 0) is 16.2 Å². The summed E-state index contributed by atoms with van der Waals surface area (Å²) in [6, 6.07) is 17.2. The predicted molar refractivity (Wildman–Crippen MR) is 135 cm³/mol. The number of rotatable bonds is 6. The number of barbiturate groups is 1. The highest BCUT2D eigenvalue weighted by Gasteiger charge is 2.36. The van der Waals surface area contributed by atoms with Crippen molar-refractivity contribution in [3.05, 3.63) is 97.9 Å². The number of ether oxygens (including phenoxy) is 1. The van der Waals surface area contributed by atoms with Crippen molar-refractivity contribution in [2.24, 2.45) is 0 Å². The molecule has 1 aliphatic rings. The Hall–Kier alpha value is -3.76. The van der Waals surface area contributed by atoms with Gasteiger partial charge in [-0.3, -0.25) is 14.9 Å². The molecule has 176 valence electrons. The number of hydrogen-bond acceptors (Lipinski definition) is 5. The summed E-state index contributed by atoms with van der Waals surface area (Å²) < 4.78 is 6.98. The average molecular weight is 600 g/mol. The minimum Gasteiger partial charge on any atom is -0.487 e. The van der Waals surface area contributed by atoms with Crippen LogP contribution in [-0.4, -0.2) is 28.9 Å². The van der Waals surface area contributed by atoms with Gasteiger partial charge in [0.05, 0.1) is 20.2 Å². The van der Waals surface area contributed by atoms with Gasteiger partial charge in [-0.1, -0.05) is 30.3 Å². The number of nitrogens with zero attached hydrogens (tertiary/aromatic N) is 1.